The van der Waals surface area contributed by atoms with Gasteiger partial charge in [0.15, 0.2) is 4.67 Å². The van der Waals surface area contributed by atoms with Crippen LogP contribution >= 0.6 is 15.9 Å². The molecule has 3 rings (SSSR count). The number of amides is 1. The summed E-state index contributed by atoms with van der Waals surface area (Å²) in [4.78, 5) is 11.9. The molecule has 2 aromatic rings. The molecule has 2 N–H and O–H groups in total. The number of fused-ring (bicyclic) bond motifs is 1. The number of carbonyl (C=O) groups excluding carboxylic acids is 1. The molecule has 1 aromatic heterocycles. The third kappa shape index (κ3) is 1.98. The zero-order valence-electron chi connectivity index (χ0n) is 11.1. The molecule has 0 radical (unpaired) electrons. The maximum absolute atomic E-state index is 11.9. The van der Waals surface area contributed by atoms with Crippen molar-refractivity contribution in [1.29, 1.82) is 0 Å². The van der Waals surface area contributed by atoms with E-state index < -0.39 is 11.5 Å². The Bertz CT molecular complexity index is 690. The lowest BCUT2D eigenvalue weighted by molar-refractivity contribution is -0.119. The molecule has 1 unspecified atom stereocenters. The van der Waals surface area contributed by atoms with Crippen LogP contribution in [-0.2, 0) is 10.2 Å². The molecule has 1 aromatic carbocycles. The molecule has 1 aliphatic heterocycles. The number of furan rings is 1. The van der Waals surface area contributed by atoms with Gasteiger partial charge in [0, 0.05) is 5.69 Å². The predicted molar refractivity (Wildman–Crippen MR) is 78.6 cm³/mol. The zero-order valence-corrected chi connectivity index (χ0v) is 12.7. The standard InChI is InChI=1S/C15H14BrNO3/c1-15(2)9-7-8(3-4-10(9)17-14(15)19)13(18)11-5-6-12(16)20-11/h3-7,13,18H,1-2H3,(H,17,19). The van der Waals surface area contributed by atoms with Crippen LogP contribution in [0.15, 0.2) is 39.4 Å². The first-order valence-electron chi connectivity index (χ1n) is 6.29. The summed E-state index contributed by atoms with van der Waals surface area (Å²) in [5.41, 5.74) is 1.81. The summed E-state index contributed by atoms with van der Waals surface area (Å²) >= 11 is 3.22. The molecular formula is C15H14BrNO3. The molecule has 1 amide bonds. The molecule has 0 spiro atoms. The Morgan fingerprint density at radius 2 is 2.05 bits per heavy atom. The topological polar surface area (TPSA) is 62.5 Å². The molecular weight excluding hydrogens is 322 g/mol. The molecule has 1 atom stereocenters. The van der Waals surface area contributed by atoms with E-state index in [9.17, 15) is 9.90 Å². The number of carbonyl (C=O) groups is 1. The summed E-state index contributed by atoms with van der Waals surface area (Å²) in [5, 5.41) is 13.2. The van der Waals surface area contributed by atoms with Crippen LogP contribution in [0.4, 0.5) is 5.69 Å². The van der Waals surface area contributed by atoms with E-state index in [2.05, 4.69) is 21.2 Å². The molecule has 0 aliphatic carbocycles. The Morgan fingerprint density at radius 1 is 1.30 bits per heavy atom. The number of aliphatic hydroxyl groups is 1. The van der Waals surface area contributed by atoms with Crippen LogP contribution in [0.5, 0.6) is 0 Å². The molecule has 0 saturated carbocycles. The average Bonchev–Trinajstić information content (AvgIpc) is 2.92. The second-order valence-electron chi connectivity index (χ2n) is 5.43. The number of nitrogens with one attached hydrogen (secondary N) is 1. The van der Waals surface area contributed by atoms with Crippen molar-refractivity contribution in [3.05, 3.63) is 51.9 Å². The van der Waals surface area contributed by atoms with E-state index in [0.29, 0.717) is 16.0 Å². The highest BCUT2D eigenvalue weighted by molar-refractivity contribution is 9.10. The quantitative estimate of drug-likeness (QED) is 0.884. The SMILES string of the molecule is CC1(C)C(=O)Nc2ccc(C(O)c3ccc(Br)o3)cc21. The van der Waals surface area contributed by atoms with Crippen LogP contribution in [0, 0.1) is 0 Å². The number of halogens is 1. The minimum atomic E-state index is -0.849. The highest BCUT2D eigenvalue weighted by Gasteiger charge is 2.38. The summed E-state index contributed by atoms with van der Waals surface area (Å²) in [7, 11) is 0. The van der Waals surface area contributed by atoms with Crippen LogP contribution in [0.2, 0.25) is 0 Å². The van der Waals surface area contributed by atoms with Crippen LogP contribution < -0.4 is 5.32 Å². The minimum Gasteiger partial charge on any atom is -0.451 e. The molecule has 4 nitrogen and oxygen atoms in total. The van der Waals surface area contributed by atoms with Gasteiger partial charge in [0.05, 0.1) is 5.41 Å². The molecule has 0 bridgehead atoms. The Balaban J connectivity index is 2.02. The number of aliphatic hydroxyl groups excluding tert-OH is 1. The Kier molecular flexibility index (Phi) is 2.99. The van der Waals surface area contributed by atoms with Crippen LogP contribution in [-0.4, -0.2) is 11.0 Å². The number of hydrogen-bond donors (Lipinski definition) is 2. The van der Waals surface area contributed by atoms with Crippen molar-refractivity contribution in [2.45, 2.75) is 25.4 Å². The van der Waals surface area contributed by atoms with Crippen molar-refractivity contribution in [2.24, 2.45) is 0 Å². The molecule has 0 saturated heterocycles. The lowest BCUT2D eigenvalue weighted by Gasteiger charge is -2.17. The maximum atomic E-state index is 11.9. The molecule has 2 heterocycles. The van der Waals surface area contributed by atoms with E-state index in [1.807, 2.05) is 26.0 Å². The number of hydrogen-bond acceptors (Lipinski definition) is 3. The van der Waals surface area contributed by atoms with Gasteiger partial charge in [0.25, 0.3) is 0 Å². The van der Waals surface area contributed by atoms with Gasteiger partial charge in [-0.3, -0.25) is 4.79 Å². The third-order valence-electron chi connectivity index (χ3n) is 3.71. The summed E-state index contributed by atoms with van der Waals surface area (Å²) in [6.07, 6.45) is -0.849. The second kappa shape index (κ2) is 4.46. The van der Waals surface area contributed by atoms with Gasteiger partial charge >= 0.3 is 0 Å². The van der Waals surface area contributed by atoms with Gasteiger partial charge in [-0.05, 0) is 65.2 Å². The van der Waals surface area contributed by atoms with E-state index in [4.69, 9.17) is 4.42 Å². The van der Waals surface area contributed by atoms with Gasteiger partial charge in [0.2, 0.25) is 5.91 Å². The molecule has 20 heavy (non-hydrogen) atoms. The normalized spacial score (nSPS) is 17.7. The van der Waals surface area contributed by atoms with Crippen molar-refractivity contribution in [3.63, 3.8) is 0 Å². The third-order valence-corrected chi connectivity index (χ3v) is 4.14. The lowest BCUT2D eigenvalue weighted by atomic mass is 9.85. The highest BCUT2D eigenvalue weighted by Crippen LogP contribution is 2.39. The smallest absolute Gasteiger partial charge is 0.234 e. The average molecular weight is 336 g/mol. The molecule has 1 aliphatic rings. The van der Waals surface area contributed by atoms with Crippen molar-refractivity contribution in [2.75, 3.05) is 5.32 Å². The first kappa shape index (κ1) is 13.4. The number of rotatable bonds is 2. The number of benzene rings is 1. The fourth-order valence-corrected chi connectivity index (χ4v) is 2.72. The van der Waals surface area contributed by atoms with Crippen LogP contribution in [0.25, 0.3) is 0 Å². The minimum absolute atomic E-state index is 0.0279. The Labute approximate surface area is 124 Å². The maximum Gasteiger partial charge on any atom is 0.234 e. The fraction of sp³-hybridized carbons (Fsp3) is 0.267. The second-order valence-corrected chi connectivity index (χ2v) is 6.21. The summed E-state index contributed by atoms with van der Waals surface area (Å²) < 4.78 is 5.95. The summed E-state index contributed by atoms with van der Waals surface area (Å²) in [5.74, 6) is 0.437. The van der Waals surface area contributed by atoms with Gasteiger partial charge in [-0.25, -0.2) is 0 Å². The van der Waals surface area contributed by atoms with Gasteiger partial charge in [-0.2, -0.15) is 0 Å². The predicted octanol–water partition coefficient (Wildman–Crippen LogP) is 3.35. The first-order chi connectivity index (χ1) is 9.39. The van der Waals surface area contributed by atoms with E-state index in [0.717, 1.165) is 11.3 Å². The van der Waals surface area contributed by atoms with Gasteiger partial charge < -0.3 is 14.8 Å². The molecule has 0 fully saturated rings. The Hall–Kier alpha value is -1.59. The highest BCUT2D eigenvalue weighted by atomic mass is 79.9. The number of anilines is 1. The lowest BCUT2D eigenvalue weighted by Crippen LogP contribution is -2.26. The fourth-order valence-electron chi connectivity index (χ4n) is 2.40. The van der Waals surface area contributed by atoms with Crippen molar-refractivity contribution in [1.82, 2.24) is 0 Å². The van der Waals surface area contributed by atoms with Crippen molar-refractivity contribution in [3.8, 4) is 0 Å². The molecule has 5 heteroatoms. The van der Waals surface area contributed by atoms with Crippen molar-refractivity contribution >= 4 is 27.5 Å². The van der Waals surface area contributed by atoms with Gasteiger partial charge in [-0.1, -0.05) is 6.07 Å². The summed E-state index contributed by atoms with van der Waals surface area (Å²) in [6, 6.07) is 8.92. The van der Waals surface area contributed by atoms with Gasteiger partial charge in [0.1, 0.15) is 11.9 Å². The van der Waals surface area contributed by atoms with Crippen LogP contribution in [0.3, 0.4) is 0 Å². The monoisotopic (exact) mass is 335 g/mol. The summed E-state index contributed by atoms with van der Waals surface area (Å²) in [6.45, 7) is 3.74. The van der Waals surface area contributed by atoms with Crippen LogP contribution in [0.1, 0.15) is 36.8 Å². The zero-order chi connectivity index (χ0) is 14.5. The molecule has 104 valence electrons. The van der Waals surface area contributed by atoms with E-state index in [1.165, 1.54) is 0 Å². The van der Waals surface area contributed by atoms with E-state index >= 15 is 0 Å². The first-order valence-corrected chi connectivity index (χ1v) is 7.08. The van der Waals surface area contributed by atoms with Gasteiger partial charge in [-0.15, -0.1) is 0 Å². The van der Waals surface area contributed by atoms with E-state index in [-0.39, 0.29) is 5.91 Å². The Morgan fingerprint density at radius 3 is 2.70 bits per heavy atom. The van der Waals surface area contributed by atoms with E-state index in [1.54, 1.807) is 18.2 Å². The largest absolute Gasteiger partial charge is 0.451 e. The van der Waals surface area contributed by atoms with Crippen molar-refractivity contribution < 1.29 is 14.3 Å².